The van der Waals surface area contributed by atoms with Crippen molar-refractivity contribution in [3.63, 3.8) is 0 Å². The number of rotatable bonds is 2. The smallest absolute Gasteiger partial charge is 0.396 e. The zero-order chi connectivity index (χ0) is 17.1. The number of benzene rings is 2. The van der Waals surface area contributed by atoms with Gasteiger partial charge in [0.25, 0.3) is 0 Å². The quantitative estimate of drug-likeness (QED) is 0.737. The minimum Gasteiger partial charge on any atom is -0.396 e. The molecule has 2 rings (SSSR count). The van der Waals surface area contributed by atoms with E-state index >= 15 is 0 Å². The summed E-state index contributed by atoms with van der Waals surface area (Å²) in [6.45, 7) is 11.9. The third kappa shape index (κ3) is 26.2. The Balaban J connectivity index is -0.000000238. The van der Waals surface area contributed by atoms with E-state index in [4.69, 9.17) is 10.2 Å². The van der Waals surface area contributed by atoms with Gasteiger partial charge in [-0.15, -0.1) is 24.3 Å². The van der Waals surface area contributed by atoms with Gasteiger partial charge in [-0.05, 0) is 12.8 Å². The molecule has 3 heteroatoms. The van der Waals surface area contributed by atoms with E-state index in [1.807, 2.05) is 74.5 Å². The summed E-state index contributed by atoms with van der Waals surface area (Å²) in [6, 6.07) is 19.7. The van der Waals surface area contributed by atoms with Gasteiger partial charge in [-0.2, -0.15) is 49.2 Å². The summed E-state index contributed by atoms with van der Waals surface area (Å²) in [7, 11) is 0. The molecule has 0 saturated carbocycles. The van der Waals surface area contributed by atoms with Crippen LogP contribution in [0.1, 0.15) is 37.8 Å². The van der Waals surface area contributed by atoms with Gasteiger partial charge >= 0.3 is 26.2 Å². The van der Waals surface area contributed by atoms with Gasteiger partial charge in [0.2, 0.25) is 0 Å². The van der Waals surface area contributed by atoms with Crippen molar-refractivity contribution in [1.29, 1.82) is 0 Å². The third-order valence-electron chi connectivity index (χ3n) is 2.13. The molecule has 0 spiro atoms. The van der Waals surface area contributed by atoms with E-state index in [1.165, 1.54) is 0 Å². The molecule has 2 N–H and O–H groups in total. The van der Waals surface area contributed by atoms with Gasteiger partial charge in [0.1, 0.15) is 0 Å². The summed E-state index contributed by atoms with van der Waals surface area (Å²) in [5.41, 5.74) is 2.14. The van der Waals surface area contributed by atoms with Gasteiger partial charge in [-0.1, -0.05) is 26.0 Å². The Labute approximate surface area is 161 Å². The summed E-state index contributed by atoms with van der Waals surface area (Å²) in [5.74, 6) is 0. The van der Waals surface area contributed by atoms with Crippen molar-refractivity contribution in [3.05, 3.63) is 85.6 Å². The fourth-order valence-corrected chi connectivity index (χ4v) is 0.956. The van der Waals surface area contributed by atoms with E-state index < -0.39 is 0 Å². The van der Waals surface area contributed by atoms with E-state index in [1.54, 1.807) is 0 Å². The minimum absolute atomic E-state index is 0. The van der Waals surface area contributed by atoms with Crippen LogP contribution in [0.2, 0.25) is 0 Å². The number of hydrogen-bond donors (Lipinski definition) is 2. The van der Waals surface area contributed by atoms with Crippen molar-refractivity contribution in [2.24, 2.45) is 0 Å². The fraction of sp³-hybridized carbons (Fsp3) is 0.300. The molecule has 0 aliphatic carbocycles. The standard InChI is InChI=1S/2C7H7.2C3H8O.Zr/c2*1-7-5-3-2-4-6-7;2*1-2-3-4;/h2*2-6H,1H2;2*4H,2-3H2,1H3;/q2*-1;;;+2. The van der Waals surface area contributed by atoms with Crippen LogP contribution >= 0.6 is 0 Å². The predicted molar refractivity (Wildman–Crippen MR) is 96.6 cm³/mol. The molecule has 0 amide bonds. The first-order valence-corrected chi connectivity index (χ1v) is 7.58. The summed E-state index contributed by atoms with van der Waals surface area (Å²) in [5, 5.41) is 15.8. The minimum atomic E-state index is 0. The molecule has 0 atom stereocenters. The second-order valence-corrected chi connectivity index (χ2v) is 4.42. The molecule has 0 saturated heterocycles. The Morgan fingerprint density at radius 1 is 0.652 bits per heavy atom. The van der Waals surface area contributed by atoms with Crippen LogP contribution in [0.25, 0.3) is 0 Å². The topological polar surface area (TPSA) is 40.5 Å². The molecule has 2 aromatic rings. The molecule has 0 fully saturated rings. The summed E-state index contributed by atoms with van der Waals surface area (Å²) in [6.07, 6.45) is 1.75. The van der Waals surface area contributed by atoms with Gasteiger partial charge in [0.15, 0.2) is 0 Å². The van der Waals surface area contributed by atoms with Gasteiger partial charge in [-0.25, -0.2) is 0 Å². The first-order chi connectivity index (χ1) is 10.6. The SMILES string of the molecule is CCCO.CCCO.[CH2-]c1ccccc1.[CH2-]c1ccccc1.[Zr+2]. The van der Waals surface area contributed by atoms with Crippen molar-refractivity contribution in [2.45, 2.75) is 26.7 Å². The van der Waals surface area contributed by atoms with E-state index in [0.29, 0.717) is 13.2 Å². The van der Waals surface area contributed by atoms with Crippen molar-refractivity contribution in [1.82, 2.24) is 0 Å². The van der Waals surface area contributed by atoms with Gasteiger partial charge < -0.3 is 10.2 Å². The molecule has 0 aromatic heterocycles. The van der Waals surface area contributed by atoms with Gasteiger partial charge in [-0.3, -0.25) is 0 Å². The third-order valence-corrected chi connectivity index (χ3v) is 2.13. The van der Waals surface area contributed by atoms with Crippen LogP contribution < -0.4 is 0 Å². The number of aliphatic hydroxyl groups excluding tert-OH is 2. The normalized spacial score (nSPS) is 7.83. The Hall–Kier alpha value is -1.02. The van der Waals surface area contributed by atoms with Crippen LogP contribution in [0.3, 0.4) is 0 Å². The largest absolute Gasteiger partial charge is 2.00 e. The Morgan fingerprint density at radius 3 is 0.957 bits per heavy atom. The zero-order valence-electron chi connectivity index (χ0n) is 14.4. The summed E-state index contributed by atoms with van der Waals surface area (Å²) >= 11 is 0. The second kappa shape index (κ2) is 23.3. The molecule has 2 aromatic carbocycles. The van der Waals surface area contributed by atoms with Crippen LogP contribution in [0, 0.1) is 13.8 Å². The molecule has 2 nitrogen and oxygen atoms in total. The fourth-order valence-electron chi connectivity index (χ4n) is 0.956. The molecule has 0 bridgehead atoms. The van der Waals surface area contributed by atoms with Gasteiger partial charge in [0.05, 0.1) is 0 Å². The zero-order valence-corrected chi connectivity index (χ0v) is 16.9. The maximum absolute atomic E-state index is 7.88. The summed E-state index contributed by atoms with van der Waals surface area (Å²) < 4.78 is 0. The van der Waals surface area contributed by atoms with Crippen molar-refractivity contribution in [3.8, 4) is 0 Å². The molecular formula is C20H30O2Zr. The monoisotopic (exact) mass is 392 g/mol. The van der Waals surface area contributed by atoms with Crippen LogP contribution in [0.4, 0.5) is 0 Å². The molecule has 0 aliphatic heterocycles. The van der Waals surface area contributed by atoms with Crippen molar-refractivity contribution < 1.29 is 36.4 Å². The van der Waals surface area contributed by atoms with E-state index in [9.17, 15) is 0 Å². The molecule has 126 valence electrons. The van der Waals surface area contributed by atoms with E-state index in [2.05, 4.69) is 13.8 Å². The Bertz CT molecular complexity index is 359. The maximum Gasteiger partial charge on any atom is 2.00 e. The Morgan fingerprint density at radius 2 is 0.870 bits per heavy atom. The first kappa shape index (κ1) is 26.9. The van der Waals surface area contributed by atoms with Crippen LogP contribution in [-0.2, 0) is 26.2 Å². The maximum atomic E-state index is 7.88. The van der Waals surface area contributed by atoms with Crippen LogP contribution in [-0.4, -0.2) is 23.4 Å². The van der Waals surface area contributed by atoms with Crippen molar-refractivity contribution >= 4 is 0 Å². The first-order valence-electron chi connectivity index (χ1n) is 7.58. The average molecular weight is 394 g/mol. The molecule has 0 aliphatic rings. The number of hydrogen-bond acceptors (Lipinski definition) is 2. The number of aliphatic hydroxyl groups is 2. The van der Waals surface area contributed by atoms with Crippen LogP contribution in [0.5, 0.6) is 0 Å². The molecular weight excluding hydrogens is 363 g/mol. The predicted octanol–water partition coefficient (Wildman–Crippen LogP) is 4.51. The molecule has 0 heterocycles. The van der Waals surface area contributed by atoms with Gasteiger partial charge in [0, 0.05) is 13.2 Å². The molecule has 0 unspecified atom stereocenters. The van der Waals surface area contributed by atoms with Crippen LogP contribution in [0.15, 0.2) is 60.7 Å². The average Bonchev–Trinajstić information content (AvgIpc) is 2.57. The summed E-state index contributed by atoms with van der Waals surface area (Å²) in [4.78, 5) is 0. The Kier molecular flexibility index (Phi) is 27.2. The van der Waals surface area contributed by atoms with Crippen molar-refractivity contribution in [2.75, 3.05) is 13.2 Å². The van der Waals surface area contributed by atoms with E-state index in [0.717, 1.165) is 24.0 Å². The van der Waals surface area contributed by atoms with E-state index in [-0.39, 0.29) is 26.2 Å². The molecule has 0 radical (unpaired) electrons. The molecule has 23 heavy (non-hydrogen) atoms. The second-order valence-electron chi connectivity index (χ2n) is 4.42.